The molecule has 3 rings (SSSR count). The highest BCUT2D eigenvalue weighted by molar-refractivity contribution is 6.14. The summed E-state index contributed by atoms with van der Waals surface area (Å²) in [6.07, 6.45) is 0. The molecule has 0 aliphatic heterocycles. The quantitative estimate of drug-likeness (QED) is 0.550. The highest BCUT2D eigenvalue weighted by Crippen LogP contribution is 2.34. The average molecular weight is 288 g/mol. The van der Waals surface area contributed by atoms with Gasteiger partial charge in [0.2, 0.25) is 0 Å². The molecule has 0 amide bonds. The van der Waals surface area contributed by atoms with Crippen LogP contribution in [0, 0.1) is 5.41 Å². The van der Waals surface area contributed by atoms with Crippen molar-refractivity contribution in [3.63, 3.8) is 0 Å². The zero-order chi connectivity index (χ0) is 15.7. The Morgan fingerprint density at radius 1 is 0.773 bits per heavy atom. The van der Waals surface area contributed by atoms with Crippen LogP contribution in [0.3, 0.4) is 0 Å². The first kappa shape index (κ1) is 14.5. The van der Waals surface area contributed by atoms with Gasteiger partial charge in [0.25, 0.3) is 0 Å². The summed E-state index contributed by atoms with van der Waals surface area (Å²) >= 11 is 0. The molecule has 22 heavy (non-hydrogen) atoms. The van der Waals surface area contributed by atoms with E-state index in [-0.39, 0.29) is 5.78 Å². The van der Waals surface area contributed by atoms with E-state index >= 15 is 0 Å². The molecule has 0 radical (unpaired) electrons. The van der Waals surface area contributed by atoms with Gasteiger partial charge in [-0.1, -0.05) is 87.5 Å². The van der Waals surface area contributed by atoms with Crippen LogP contribution in [0.1, 0.15) is 31.1 Å². The number of rotatable bonds is 2. The molecule has 0 N–H and O–H groups in total. The summed E-state index contributed by atoms with van der Waals surface area (Å²) in [7, 11) is 0. The normalized spacial score (nSPS) is 11.6. The zero-order valence-corrected chi connectivity index (χ0v) is 13.3. The first-order chi connectivity index (χ1) is 10.5. The summed E-state index contributed by atoms with van der Waals surface area (Å²) in [6.45, 7) is 5.91. The molecule has 110 valence electrons. The lowest BCUT2D eigenvalue weighted by atomic mass is 9.83. The smallest absolute Gasteiger partial charge is 0.168 e. The van der Waals surface area contributed by atoms with Gasteiger partial charge in [-0.2, -0.15) is 0 Å². The Bertz CT molecular complexity index is 818. The fourth-order valence-corrected chi connectivity index (χ4v) is 2.79. The van der Waals surface area contributed by atoms with Crippen molar-refractivity contribution in [1.82, 2.24) is 0 Å². The molecule has 0 heterocycles. The second-order valence-electron chi connectivity index (χ2n) is 6.65. The number of carbonyl (C=O) groups excluding carboxylic acids is 1. The van der Waals surface area contributed by atoms with Crippen molar-refractivity contribution in [3.8, 4) is 11.1 Å². The molecule has 3 aromatic rings. The fourth-order valence-electron chi connectivity index (χ4n) is 2.79. The third kappa shape index (κ3) is 2.55. The van der Waals surface area contributed by atoms with E-state index < -0.39 is 5.41 Å². The van der Waals surface area contributed by atoms with Crippen LogP contribution < -0.4 is 0 Å². The van der Waals surface area contributed by atoms with E-state index in [0.29, 0.717) is 0 Å². The second-order valence-corrected chi connectivity index (χ2v) is 6.65. The van der Waals surface area contributed by atoms with Crippen molar-refractivity contribution < 1.29 is 4.79 Å². The maximum Gasteiger partial charge on any atom is 0.168 e. The highest BCUT2D eigenvalue weighted by Gasteiger charge is 2.25. The Kier molecular flexibility index (Phi) is 3.58. The summed E-state index contributed by atoms with van der Waals surface area (Å²) in [4.78, 5) is 12.9. The molecule has 0 spiro atoms. The van der Waals surface area contributed by atoms with Crippen molar-refractivity contribution in [2.75, 3.05) is 0 Å². The molecule has 0 aliphatic carbocycles. The van der Waals surface area contributed by atoms with E-state index in [1.807, 2.05) is 51.1 Å². The highest BCUT2D eigenvalue weighted by atomic mass is 16.1. The monoisotopic (exact) mass is 288 g/mol. The Hall–Kier alpha value is -2.41. The van der Waals surface area contributed by atoms with Crippen LogP contribution >= 0.6 is 0 Å². The number of hydrogen-bond donors (Lipinski definition) is 0. The molecule has 0 saturated heterocycles. The topological polar surface area (TPSA) is 17.1 Å². The Morgan fingerprint density at radius 2 is 1.41 bits per heavy atom. The van der Waals surface area contributed by atoms with E-state index in [4.69, 9.17) is 0 Å². The van der Waals surface area contributed by atoms with Crippen LogP contribution in [0.2, 0.25) is 0 Å². The van der Waals surface area contributed by atoms with Gasteiger partial charge in [-0.3, -0.25) is 4.79 Å². The first-order valence-electron chi connectivity index (χ1n) is 7.60. The zero-order valence-electron chi connectivity index (χ0n) is 13.3. The number of hydrogen-bond acceptors (Lipinski definition) is 1. The maximum absolute atomic E-state index is 12.9. The lowest BCUT2D eigenvalue weighted by molar-refractivity contribution is 0.0860. The number of carbonyl (C=O) groups is 1. The van der Waals surface area contributed by atoms with Crippen LogP contribution in [-0.2, 0) is 0 Å². The minimum absolute atomic E-state index is 0.182. The molecule has 0 unspecified atom stereocenters. The summed E-state index contributed by atoms with van der Waals surface area (Å²) in [6, 6.07) is 22.5. The SMILES string of the molecule is CC(C)(C)C(=O)c1cccc2cccc(-c3ccccc3)c12. The predicted molar refractivity (Wildman–Crippen MR) is 93.2 cm³/mol. The molecular formula is C21H20O. The van der Waals surface area contributed by atoms with Gasteiger partial charge in [-0.05, 0) is 16.5 Å². The molecule has 0 aliphatic rings. The van der Waals surface area contributed by atoms with Crippen molar-refractivity contribution >= 4 is 16.6 Å². The second kappa shape index (κ2) is 5.42. The number of ketones is 1. The van der Waals surface area contributed by atoms with Gasteiger partial charge in [-0.25, -0.2) is 0 Å². The van der Waals surface area contributed by atoms with Crippen molar-refractivity contribution in [1.29, 1.82) is 0 Å². The van der Waals surface area contributed by atoms with Gasteiger partial charge in [0, 0.05) is 16.4 Å². The fraction of sp³-hybridized carbons (Fsp3) is 0.190. The van der Waals surface area contributed by atoms with Gasteiger partial charge in [0.15, 0.2) is 5.78 Å². The molecule has 3 aromatic carbocycles. The predicted octanol–water partition coefficient (Wildman–Crippen LogP) is 5.74. The van der Waals surface area contributed by atoms with Crippen LogP contribution in [0.4, 0.5) is 0 Å². The van der Waals surface area contributed by atoms with E-state index in [9.17, 15) is 4.79 Å². The van der Waals surface area contributed by atoms with E-state index in [2.05, 4.69) is 36.4 Å². The first-order valence-corrected chi connectivity index (χ1v) is 7.60. The summed E-state index contributed by atoms with van der Waals surface area (Å²) in [5, 5.41) is 2.16. The minimum atomic E-state index is -0.391. The third-order valence-electron chi connectivity index (χ3n) is 3.92. The van der Waals surface area contributed by atoms with Crippen LogP contribution in [0.5, 0.6) is 0 Å². The van der Waals surface area contributed by atoms with Gasteiger partial charge >= 0.3 is 0 Å². The largest absolute Gasteiger partial charge is 0.294 e. The van der Waals surface area contributed by atoms with E-state index in [1.54, 1.807) is 0 Å². The molecule has 1 nitrogen and oxygen atoms in total. The average Bonchev–Trinajstić information content (AvgIpc) is 2.53. The number of Topliss-reactive ketones (excluding diaryl/α,β-unsaturated/α-hetero) is 1. The maximum atomic E-state index is 12.9. The number of benzene rings is 3. The molecule has 1 heteroatoms. The standard InChI is InChI=1S/C21H20O/c1-21(2,3)20(22)18-14-8-12-16-11-7-13-17(19(16)18)15-9-5-4-6-10-15/h4-14H,1-3H3. The van der Waals surface area contributed by atoms with Gasteiger partial charge < -0.3 is 0 Å². The van der Waals surface area contributed by atoms with Crippen LogP contribution in [0.15, 0.2) is 66.7 Å². The van der Waals surface area contributed by atoms with Gasteiger partial charge in [-0.15, -0.1) is 0 Å². The summed E-state index contributed by atoms with van der Waals surface area (Å²) in [5.41, 5.74) is 2.68. The van der Waals surface area contributed by atoms with E-state index in [0.717, 1.165) is 27.5 Å². The Morgan fingerprint density at radius 3 is 2.05 bits per heavy atom. The van der Waals surface area contributed by atoms with Gasteiger partial charge in [0.1, 0.15) is 0 Å². The molecule has 0 atom stereocenters. The minimum Gasteiger partial charge on any atom is -0.294 e. The molecule has 0 fully saturated rings. The Balaban J connectivity index is 2.34. The lowest BCUT2D eigenvalue weighted by Crippen LogP contribution is -2.20. The van der Waals surface area contributed by atoms with Crippen molar-refractivity contribution in [2.24, 2.45) is 5.41 Å². The molecular weight excluding hydrogens is 268 g/mol. The van der Waals surface area contributed by atoms with E-state index in [1.165, 1.54) is 0 Å². The van der Waals surface area contributed by atoms with Crippen LogP contribution in [0.25, 0.3) is 21.9 Å². The van der Waals surface area contributed by atoms with Crippen LogP contribution in [-0.4, -0.2) is 5.78 Å². The molecule has 0 saturated carbocycles. The van der Waals surface area contributed by atoms with Crippen molar-refractivity contribution in [2.45, 2.75) is 20.8 Å². The number of fused-ring (bicyclic) bond motifs is 1. The third-order valence-corrected chi connectivity index (χ3v) is 3.92. The van der Waals surface area contributed by atoms with Gasteiger partial charge in [0.05, 0.1) is 0 Å². The summed E-state index contributed by atoms with van der Waals surface area (Å²) < 4.78 is 0. The molecule has 0 aromatic heterocycles. The lowest BCUT2D eigenvalue weighted by Gasteiger charge is -2.19. The van der Waals surface area contributed by atoms with Crippen molar-refractivity contribution in [3.05, 3.63) is 72.3 Å². The summed E-state index contributed by atoms with van der Waals surface area (Å²) in [5.74, 6) is 0.182. The molecule has 0 bridgehead atoms. The Labute approximate surface area is 131 Å².